The number of carbonyl (C=O) groups is 3. The highest BCUT2D eigenvalue weighted by atomic mass is 19.1. The summed E-state index contributed by atoms with van der Waals surface area (Å²) in [5.74, 6) is -4.00. The van der Waals surface area contributed by atoms with Gasteiger partial charge in [0.1, 0.15) is 6.34 Å². The second-order valence-corrected chi connectivity index (χ2v) is 3.65. The van der Waals surface area contributed by atoms with Gasteiger partial charge in [-0.15, -0.1) is 0 Å². The van der Waals surface area contributed by atoms with Gasteiger partial charge in [0.15, 0.2) is 13.3 Å². The van der Waals surface area contributed by atoms with E-state index < -0.39 is 37.4 Å². The molecule has 1 rings (SSSR count). The molecule has 1 aliphatic heterocycles. The van der Waals surface area contributed by atoms with Crippen LogP contribution in [0, 0.1) is 0 Å². The van der Waals surface area contributed by atoms with E-state index in [1.54, 1.807) is 5.43 Å². The van der Waals surface area contributed by atoms with Gasteiger partial charge in [0.05, 0.1) is 6.54 Å². The second-order valence-electron chi connectivity index (χ2n) is 3.65. The van der Waals surface area contributed by atoms with E-state index in [0.717, 1.165) is 11.3 Å². The molecule has 1 aliphatic rings. The molecule has 1 atom stereocenters. The summed E-state index contributed by atoms with van der Waals surface area (Å²) in [6.45, 7) is -2.93. The molecule has 0 aromatic rings. The Morgan fingerprint density at radius 2 is 1.95 bits per heavy atom. The van der Waals surface area contributed by atoms with E-state index in [2.05, 4.69) is 4.99 Å². The number of hydrogen-bond acceptors (Lipinski definition) is 5. The van der Waals surface area contributed by atoms with Gasteiger partial charge in [-0.3, -0.25) is 14.4 Å². The lowest BCUT2D eigenvalue weighted by Gasteiger charge is -2.33. The molecular weight excluding hydrogens is 295 g/mol. The van der Waals surface area contributed by atoms with Gasteiger partial charge in [0, 0.05) is 6.20 Å². The third kappa shape index (κ3) is 4.78. The third-order valence-electron chi connectivity index (χ3n) is 2.13. The summed E-state index contributed by atoms with van der Waals surface area (Å²) in [6.07, 6.45) is 1.30. The average Bonchev–Trinajstić information content (AvgIpc) is 2.52. The summed E-state index contributed by atoms with van der Waals surface area (Å²) in [7, 11) is 0. The van der Waals surface area contributed by atoms with Crippen LogP contribution in [-0.2, 0) is 14.4 Å². The van der Waals surface area contributed by atoms with Crippen LogP contribution in [0.5, 0.6) is 0 Å². The van der Waals surface area contributed by atoms with Crippen LogP contribution in [0.15, 0.2) is 17.3 Å². The van der Waals surface area contributed by atoms with Crippen LogP contribution in [-0.4, -0.2) is 60.4 Å². The number of nitrogens with zero attached hydrogens (tertiary/aromatic N) is 3. The van der Waals surface area contributed by atoms with E-state index in [-0.39, 0.29) is 6.54 Å². The van der Waals surface area contributed by atoms with Crippen molar-refractivity contribution < 1.29 is 27.6 Å². The Kier molecular flexibility index (Phi) is 6.17. The number of carbonyl (C=O) groups excluding carboxylic acids is 3. The van der Waals surface area contributed by atoms with Crippen LogP contribution in [0.3, 0.4) is 0 Å². The number of hydrazine groups is 2. The maximum atomic E-state index is 13.6. The maximum Gasteiger partial charge on any atom is 0.316 e. The van der Waals surface area contributed by atoms with Crippen molar-refractivity contribution in [1.29, 1.82) is 0 Å². The smallest absolute Gasteiger partial charge is 0.316 e. The Morgan fingerprint density at radius 1 is 1.29 bits per heavy atom. The van der Waals surface area contributed by atoms with Crippen molar-refractivity contribution in [2.75, 3.05) is 19.9 Å². The monoisotopic (exact) mass is 307 g/mol. The fourth-order valence-corrected chi connectivity index (χ4v) is 1.25. The molecule has 0 bridgehead atoms. The quantitative estimate of drug-likeness (QED) is 0.501. The Labute approximate surface area is 117 Å². The topological polar surface area (TPSA) is 94.1 Å². The lowest BCUT2D eigenvalue weighted by Crippen LogP contribution is -2.60. The molecule has 1 heterocycles. The molecule has 0 saturated heterocycles. The van der Waals surface area contributed by atoms with E-state index in [4.69, 9.17) is 0 Å². The van der Waals surface area contributed by atoms with Crippen molar-refractivity contribution >= 4 is 24.1 Å². The number of amides is 3. The molecule has 21 heavy (non-hydrogen) atoms. The van der Waals surface area contributed by atoms with Crippen LogP contribution in [0.25, 0.3) is 0 Å². The molecule has 0 aromatic heterocycles. The fraction of sp³-hybridized carbons (Fsp3) is 0.400. The molecule has 0 spiro atoms. The van der Waals surface area contributed by atoms with Gasteiger partial charge in [-0.05, 0) is 6.08 Å². The minimum atomic E-state index is -2.62. The molecule has 3 amide bonds. The normalized spacial score (nSPS) is 14.5. The van der Waals surface area contributed by atoms with Crippen LogP contribution >= 0.6 is 0 Å². The van der Waals surface area contributed by atoms with Gasteiger partial charge in [-0.2, -0.15) is 5.12 Å². The van der Waals surface area contributed by atoms with Crippen LogP contribution < -0.4 is 10.7 Å². The number of aliphatic imine (C=N–C) groups is 1. The minimum absolute atomic E-state index is 0.0333. The highest BCUT2D eigenvalue weighted by molar-refractivity contribution is 5.89. The van der Waals surface area contributed by atoms with Crippen molar-refractivity contribution in [2.24, 2.45) is 4.99 Å². The lowest BCUT2D eigenvalue weighted by atomic mass is 10.5. The summed E-state index contributed by atoms with van der Waals surface area (Å²) in [5.41, 5.74) is 1.79. The molecule has 0 unspecified atom stereocenters. The Balaban J connectivity index is 2.81. The summed E-state index contributed by atoms with van der Waals surface area (Å²) in [6, 6.07) is 0. The zero-order valence-electron chi connectivity index (χ0n) is 10.6. The molecule has 11 heteroatoms. The van der Waals surface area contributed by atoms with Crippen molar-refractivity contribution in [2.45, 2.75) is 6.30 Å². The van der Waals surface area contributed by atoms with Crippen LogP contribution in [0.2, 0.25) is 0 Å². The van der Waals surface area contributed by atoms with Gasteiger partial charge in [0.25, 0.3) is 18.1 Å². The van der Waals surface area contributed by atoms with Gasteiger partial charge in [0.2, 0.25) is 0 Å². The van der Waals surface area contributed by atoms with E-state index in [1.807, 2.05) is 0 Å². The largest absolute Gasteiger partial charge is 0.316 e. The van der Waals surface area contributed by atoms with Crippen LogP contribution in [0.4, 0.5) is 13.2 Å². The predicted octanol–water partition coefficient (Wildman–Crippen LogP) is -1.03. The minimum Gasteiger partial charge on any atom is -0.316 e. The number of alkyl halides is 3. The van der Waals surface area contributed by atoms with Gasteiger partial charge in [-0.25, -0.2) is 28.6 Å². The number of rotatable bonds is 5. The summed E-state index contributed by atoms with van der Waals surface area (Å²) in [5, 5.41) is 2.74. The first-order valence-electron chi connectivity index (χ1n) is 5.63. The van der Waals surface area contributed by atoms with Crippen molar-refractivity contribution in [3.63, 3.8) is 0 Å². The third-order valence-corrected chi connectivity index (χ3v) is 2.13. The highest BCUT2D eigenvalue weighted by Crippen LogP contribution is 2.02. The molecular formula is C10H12F3N5O3. The number of nitrogens with one attached hydrogen (secondary N) is 2. The molecule has 0 radical (unpaired) electrons. The van der Waals surface area contributed by atoms with Gasteiger partial charge >= 0.3 is 5.91 Å². The molecule has 116 valence electrons. The molecule has 0 aromatic carbocycles. The van der Waals surface area contributed by atoms with Crippen molar-refractivity contribution in [3.05, 3.63) is 12.3 Å². The van der Waals surface area contributed by atoms with Crippen molar-refractivity contribution in [1.82, 2.24) is 20.9 Å². The highest BCUT2D eigenvalue weighted by Gasteiger charge is 2.30. The van der Waals surface area contributed by atoms with Crippen molar-refractivity contribution in [3.8, 4) is 0 Å². The lowest BCUT2D eigenvalue weighted by molar-refractivity contribution is -0.162. The molecule has 0 saturated carbocycles. The van der Waals surface area contributed by atoms with E-state index >= 15 is 0 Å². The SMILES string of the molecule is O=C(CF)N[C@H](F)C(=O)N(NC(=O)CF)N1C=NC=CC1. The summed E-state index contributed by atoms with van der Waals surface area (Å²) in [4.78, 5) is 37.2. The van der Waals surface area contributed by atoms with Gasteiger partial charge < -0.3 is 5.32 Å². The molecule has 8 nitrogen and oxygen atoms in total. The standard InChI is InChI=1S/C10H12F3N5O3/c11-4-7(19)15-9(13)10(21)18(16-8(20)5-12)17-3-1-2-14-6-17/h1-2,6,9H,3-5H2,(H,15,19)(H,16,20)/t9-/m0/s1. The van der Waals surface area contributed by atoms with E-state index in [9.17, 15) is 27.6 Å². The number of halogens is 3. The number of hydrogen-bond donors (Lipinski definition) is 2. The predicted molar refractivity (Wildman–Crippen MR) is 64.3 cm³/mol. The molecule has 0 fully saturated rings. The van der Waals surface area contributed by atoms with Gasteiger partial charge in [-0.1, -0.05) is 0 Å². The second kappa shape index (κ2) is 7.87. The first-order chi connectivity index (χ1) is 9.99. The Morgan fingerprint density at radius 3 is 2.48 bits per heavy atom. The maximum absolute atomic E-state index is 13.6. The zero-order valence-corrected chi connectivity index (χ0v) is 10.6. The average molecular weight is 307 g/mol. The first kappa shape index (κ1) is 16.5. The first-order valence-corrected chi connectivity index (χ1v) is 5.63. The van der Waals surface area contributed by atoms with E-state index in [1.165, 1.54) is 17.6 Å². The summed E-state index contributed by atoms with van der Waals surface area (Å²) < 4.78 is 37.8. The Bertz CT molecular complexity index is 471. The molecule has 0 aliphatic carbocycles. The van der Waals surface area contributed by atoms with E-state index in [0.29, 0.717) is 5.12 Å². The summed E-state index contributed by atoms with van der Waals surface area (Å²) >= 11 is 0. The fourth-order valence-electron chi connectivity index (χ4n) is 1.25. The van der Waals surface area contributed by atoms with Crippen LogP contribution in [0.1, 0.15) is 0 Å². The zero-order chi connectivity index (χ0) is 15.8. The molecule has 2 N–H and O–H groups in total. The Hall–Kier alpha value is -2.59.